The predicted molar refractivity (Wildman–Crippen MR) is 208 cm³/mol. The summed E-state index contributed by atoms with van der Waals surface area (Å²) in [6, 6.07) is 58.9. The second-order valence-electron chi connectivity index (χ2n) is 13.0. The fourth-order valence-electron chi connectivity index (χ4n) is 6.00. The fourth-order valence-corrected chi connectivity index (χ4v) is 6.00. The number of para-hydroxylation sites is 3. The summed E-state index contributed by atoms with van der Waals surface area (Å²) in [5.74, 6) is 0.903. The maximum absolute atomic E-state index is 13.3. The minimum absolute atomic E-state index is 0. The second kappa shape index (κ2) is 16.6. The Morgan fingerprint density at radius 2 is 1.28 bits per heavy atom. The summed E-state index contributed by atoms with van der Waals surface area (Å²) in [7, 11) is 0. The summed E-state index contributed by atoms with van der Waals surface area (Å²) >= 11 is 0. The van der Waals surface area contributed by atoms with Crippen LogP contribution in [0.5, 0.6) is 0 Å². The number of benzene rings is 6. The summed E-state index contributed by atoms with van der Waals surface area (Å²) < 4.78 is 58.3. The van der Waals surface area contributed by atoms with Crippen LogP contribution in [-0.2, 0) is 26.5 Å². The summed E-state index contributed by atoms with van der Waals surface area (Å²) in [5.41, 5.74) is 7.18. The van der Waals surface area contributed by atoms with Crippen molar-refractivity contribution in [1.29, 1.82) is 0 Å². The molecular formula is C47H36F3IrN3-2. The Bertz CT molecular complexity index is 2520. The van der Waals surface area contributed by atoms with Crippen LogP contribution in [-0.4, -0.2) is 20.7 Å². The van der Waals surface area contributed by atoms with Gasteiger partial charge < -0.3 is 9.55 Å². The van der Waals surface area contributed by atoms with Crippen LogP contribution in [0.2, 0.25) is 0 Å². The van der Waals surface area contributed by atoms with Gasteiger partial charge in [0.1, 0.15) is 0 Å². The molecule has 2 heterocycles. The van der Waals surface area contributed by atoms with Gasteiger partial charge in [-0.25, -0.2) is 0 Å². The summed E-state index contributed by atoms with van der Waals surface area (Å²) in [4.78, 5) is 9.26. The molecule has 0 aliphatic heterocycles. The van der Waals surface area contributed by atoms with Crippen LogP contribution >= 0.6 is 0 Å². The molecule has 54 heavy (non-hydrogen) atoms. The van der Waals surface area contributed by atoms with Crippen molar-refractivity contribution in [3.63, 3.8) is 0 Å². The Balaban J connectivity index is 0.000000187. The molecule has 0 saturated carbocycles. The van der Waals surface area contributed by atoms with Gasteiger partial charge in [-0.15, -0.1) is 71.8 Å². The summed E-state index contributed by atoms with van der Waals surface area (Å²) in [6.45, 7) is 1.76. The van der Waals surface area contributed by atoms with Crippen molar-refractivity contribution in [3.8, 4) is 50.6 Å². The number of fused-ring (bicyclic) bond motifs is 1. The first-order chi connectivity index (χ1) is 26.5. The average molecular weight is 894 g/mol. The average Bonchev–Trinajstić information content (AvgIpc) is 3.61. The van der Waals surface area contributed by atoms with Gasteiger partial charge in [0.2, 0.25) is 0 Å². The first kappa shape index (κ1) is 35.4. The van der Waals surface area contributed by atoms with Crippen molar-refractivity contribution in [2.45, 2.75) is 26.4 Å². The van der Waals surface area contributed by atoms with Crippen LogP contribution < -0.4 is 0 Å². The van der Waals surface area contributed by atoms with E-state index in [0.717, 1.165) is 64.3 Å². The molecule has 8 rings (SSSR count). The molecule has 7 heteroatoms. The van der Waals surface area contributed by atoms with E-state index in [1.54, 1.807) is 30.5 Å². The molecule has 0 spiro atoms. The van der Waals surface area contributed by atoms with Gasteiger partial charge in [0.25, 0.3) is 0 Å². The van der Waals surface area contributed by atoms with Crippen molar-refractivity contribution < 1.29 is 36.0 Å². The molecule has 0 unspecified atom stereocenters. The van der Waals surface area contributed by atoms with E-state index in [2.05, 4.69) is 94.5 Å². The number of nitrogens with zero attached hydrogens (tertiary/aromatic N) is 3. The minimum Gasteiger partial charge on any atom is -0.333 e. The molecule has 0 amide bonds. The number of aromatic nitrogens is 3. The number of imidazole rings is 1. The molecule has 0 aliphatic carbocycles. The van der Waals surface area contributed by atoms with Gasteiger partial charge in [-0.05, 0) is 58.6 Å². The standard InChI is InChI=1S/C25H17N2.C22H19F3N.Ir/c1-3-11-19(12-4-1)21-15-7-9-17-23(21)27-24-18-10-8-16-22(24)26-25(27)20-13-5-2-6-14-20;1-21(2,22(23,24)25)15-16-8-10-17(11-9-16)19-12-13-26-20(14-19)18-6-4-3-5-7-18;/h1-13,15-18H;3-6,8-14H,15H2,1-2H3;/q2*-1;/i;15D2;. The number of halogens is 3. The van der Waals surface area contributed by atoms with E-state index >= 15 is 0 Å². The van der Waals surface area contributed by atoms with Gasteiger partial charge in [0.05, 0.1) is 22.3 Å². The monoisotopic (exact) mass is 894 g/mol. The molecule has 0 atom stereocenters. The number of alkyl halides is 3. The minimum atomic E-state index is -4.67. The Labute approximate surface area is 330 Å². The van der Waals surface area contributed by atoms with Crippen LogP contribution in [0, 0.1) is 17.5 Å². The zero-order valence-corrected chi connectivity index (χ0v) is 31.9. The Morgan fingerprint density at radius 3 is 1.96 bits per heavy atom. The second-order valence-corrected chi connectivity index (χ2v) is 13.0. The van der Waals surface area contributed by atoms with Crippen molar-refractivity contribution in [2.24, 2.45) is 5.41 Å². The third-order valence-corrected chi connectivity index (χ3v) is 8.87. The Morgan fingerprint density at radius 1 is 0.648 bits per heavy atom. The zero-order chi connectivity index (χ0) is 38.6. The topological polar surface area (TPSA) is 30.7 Å². The molecule has 0 aliphatic rings. The normalized spacial score (nSPS) is 12.2. The van der Waals surface area contributed by atoms with Crippen LogP contribution in [0.3, 0.4) is 0 Å². The third-order valence-electron chi connectivity index (χ3n) is 8.87. The van der Waals surface area contributed by atoms with E-state index in [-0.39, 0.29) is 25.7 Å². The van der Waals surface area contributed by atoms with Gasteiger partial charge in [0.15, 0.2) is 0 Å². The van der Waals surface area contributed by atoms with Crippen molar-refractivity contribution in [1.82, 2.24) is 14.5 Å². The van der Waals surface area contributed by atoms with Crippen LogP contribution in [0.4, 0.5) is 13.2 Å². The van der Waals surface area contributed by atoms with Crippen LogP contribution in [0.15, 0.2) is 170 Å². The van der Waals surface area contributed by atoms with Crippen molar-refractivity contribution in [3.05, 3.63) is 188 Å². The molecule has 271 valence electrons. The smallest absolute Gasteiger partial charge is 0.333 e. The molecule has 1 radical (unpaired) electrons. The largest absolute Gasteiger partial charge is 0.394 e. The van der Waals surface area contributed by atoms with E-state index in [0.29, 0.717) is 0 Å². The van der Waals surface area contributed by atoms with Crippen molar-refractivity contribution in [2.75, 3.05) is 0 Å². The summed E-state index contributed by atoms with van der Waals surface area (Å²) in [6.07, 6.45) is -5.57. The number of hydrogen-bond donors (Lipinski definition) is 0. The van der Waals surface area contributed by atoms with Gasteiger partial charge >= 0.3 is 6.18 Å². The molecular weight excluding hydrogens is 856 g/mol. The van der Waals surface area contributed by atoms with E-state index in [1.807, 2.05) is 54.6 Å². The van der Waals surface area contributed by atoms with E-state index < -0.39 is 18.0 Å². The molecule has 0 saturated heterocycles. The molecule has 0 N–H and O–H groups in total. The van der Waals surface area contributed by atoms with Crippen LogP contribution in [0.25, 0.3) is 61.6 Å². The first-order valence-corrected chi connectivity index (χ1v) is 17.2. The maximum Gasteiger partial charge on any atom is 0.394 e. The van der Waals surface area contributed by atoms with Gasteiger partial charge in [0, 0.05) is 40.3 Å². The Hall–Kier alpha value is -5.62. The van der Waals surface area contributed by atoms with E-state index in [4.69, 9.17) is 7.73 Å². The zero-order valence-electron chi connectivity index (χ0n) is 31.5. The number of pyridine rings is 1. The fraction of sp³-hybridized carbons (Fsp3) is 0.106. The van der Waals surface area contributed by atoms with Gasteiger partial charge in [-0.3, -0.25) is 4.98 Å². The van der Waals surface area contributed by atoms with Crippen LogP contribution in [0.1, 0.15) is 22.2 Å². The SMILES string of the molecule is [2H]C([2H])(c1ccc(-c2ccnc(-c3[c-]cccc3)c2)cc1)C(C)(C)C(F)(F)F.[Ir].[c-]1ccccc1-c1nc2ccccc2n1-c1ccccc1-c1ccccc1. The van der Waals surface area contributed by atoms with Gasteiger partial charge in [-0.2, -0.15) is 13.2 Å². The maximum atomic E-state index is 13.3. The molecule has 2 aromatic heterocycles. The Kier molecular flexibility index (Phi) is 10.9. The van der Waals surface area contributed by atoms with Gasteiger partial charge in [-0.1, -0.05) is 105 Å². The number of hydrogen-bond acceptors (Lipinski definition) is 2. The summed E-state index contributed by atoms with van der Waals surface area (Å²) in [5, 5.41) is 0. The third kappa shape index (κ3) is 8.44. The molecule has 6 aromatic carbocycles. The van der Waals surface area contributed by atoms with E-state index in [9.17, 15) is 13.2 Å². The first-order valence-electron chi connectivity index (χ1n) is 18.2. The van der Waals surface area contributed by atoms with Crippen molar-refractivity contribution >= 4 is 11.0 Å². The van der Waals surface area contributed by atoms with E-state index in [1.165, 1.54) is 23.3 Å². The molecule has 8 aromatic rings. The molecule has 3 nitrogen and oxygen atoms in total. The number of rotatable bonds is 7. The molecule has 0 bridgehead atoms. The quantitative estimate of drug-likeness (QED) is 0.149. The predicted octanol–water partition coefficient (Wildman–Crippen LogP) is 12.5. The molecule has 0 fully saturated rings.